The Kier molecular flexibility index (Phi) is 4.70. The first-order valence-electron chi connectivity index (χ1n) is 8.55. The summed E-state index contributed by atoms with van der Waals surface area (Å²) in [6.07, 6.45) is 0. The number of carbonyl (C=O) groups excluding carboxylic acids is 2. The SMILES string of the molecule is COC(=O)C(C)(C)NC(=O)c1cc(-c2ccccc2)nc2c1c(C)nn2C. The average Bonchev–Trinajstić information content (AvgIpc) is 2.94. The fourth-order valence-corrected chi connectivity index (χ4v) is 3.04. The van der Waals surface area contributed by atoms with Crippen LogP contribution >= 0.6 is 0 Å². The van der Waals surface area contributed by atoms with E-state index < -0.39 is 11.5 Å². The van der Waals surface area contributed by atoms with Gasteiger partial charge in [-0.15, -0.1) is 0 Å². The van der Waals surface area contributed by atoms with Crippen LogP contribution in [0.1, 0.15) is 29.9 Å². The standard InChI is InChI=1S/C20H22N4O3/c1-12-16-14(18(25)22-20(2,3)19(26)27-5)11-15(13-9-7-6-8-10-13)21-17(16)24(4)23-12/h6-11H,1-5H3,(H,22,25). The molecular formula is C20H22N4O3. The van der Waals surface area contributed by atoms with Gasteiger partial charge in [-0.05, 0) is 26.8 Å². The first-order chi connectivity index (χ1) is 12.7. The van der Waals surface area contributed by atoms with E-state index >= 15 is 0 Å². The zero-order valence-corrected chi connectivity index (χ0v) is 16.0. The fraction of sp³-hybridized carbons (Fsp3) is 0.300. The number of nitrogens with zero attached hydrogens (tertiary/aromatic N) is 3. The lowest BCUT2D eigenvalue weighted by atomic mass is 10.0. The van der Waals surface area contributed by atoms with Crippen LogP contribution in [0.15, 0.2) is 36.4 Å². The summed E-state index contributed by atoms with van der Waals surface area (Å²) in [6, 6.07) is 11.3. The molecule has 0 aliphatic heterocycles. The van der Waals surface area contributed by atoms with Crippen LogP contribution in [0.3, 0.4) is 0 Å². The summed E-state index contributed by atoms with van der Waals surface area (Å²) in [5.41, 5.74) is 2.10. The number of ether oxygens (including phenoxy) is 1. The molecule has 27 heavy (non-hydrogen) atoms. The molecule has 0 aliphatic carbocycles. The maximum Gasteiger partial charge on any atom is 0.330 e. The van der Waals surface area contributed by atoms with E-state index in [9.17, 15) is 9.59 Å². The Labute approximate surface area is 157 Å². The summed E-state index contributed by atoms with van der Waals surface area (Å²) in [5.74, 6) is -0.904. The minimum Gasteiger partial charge on any atom is -0.467 e. The third-order valence-electron chi connectivity index (χ3n) is 4.40. The molecule has 1 N–H and O–H groups in total. The Morgan fingerprint density at radius 3 is 2.48 bits per heavy atom. The number of esters is 1. The summed E-state index contributed by atoms with van der Waals surface area (Å²) in [5, 5.41) is 7.81. The van der Waals surface area contributed by atoms with Gasteiger partial charge in [-0.1, -0.05) is 30.3 Å². The molecule has 0 spiro atoms. The van der Waals surface area contributed by atoms with E-state index in [1.54, 1.807) is 31.6 Å². The number of rotatable bonds is 4. The van der Waals surface area contributed by atoms with Crippen molar-refractivity contribution in [3.05, 3.63) is 47.7 Å². The number of methoxy groups -OCH3 is 1. The monoisotopic (exact) mass is 366 g/mol. The number of aryl methyl sites for hydroxylation is 2. The molecule has 2 aromatic heterocycles. The van der Waals surface area contributed by atoms with Gasteiger partial charge in [0, 0.05) is 12.6 Å². The Morgan fingerprint density at radius 2 is 1.85 bits per heavy atom. The third-order valence-corrected chi connectivity index (χ3v) is 4.40. The molecule has 2 heterocycles. The van der Waals surface area contributed by atoms with E-state index in [1.165, 1.54) is 7.11 Å². The highest BCUT2D eigenvalue weighted by Gasteiger charge is 2.32. The van der Waals surface area contributed by atoms with Crippen molar-refractivity contribution in [2.24, 2.45) is 7.05 Å². The lowest BCUT2D eigenvalue weighted by Gasteiger charge is -2.23. The highest BCUT2D eigenvalue weighted by molar-refractivity contribution is 6.08. The van der Waals surface area contributed by atoms with Gasteiger partial charge in [0.25, 0.3) is 5.91 Å². The molecule has 0 atom stereocenters. The second-order valence-electron chi connectivity index (χ2n) is 6.90. The van der Waals surface area contributed by atoms with Crippen LogP contribution in [0.5, 0.6) is 0 Å². The molecule has 0 unspecified atom stereocenters. The van der Waals surface area contributed by atoms with E-state index in [-0.39, 0.29) is 5.91 Å². The van der Waals surface area contributed by atoms with Gasteiger partial charge in [0.1, 0.15) is 5.54 Å². The minimum atomic E-state index is -1.16. The lowest BCUT2D eigenvalue weighted by Crippen LogP contribution is -2.50. The number of nitrogens with one attached hydrogen (secondary N) is 1. The number of carbonyl (C=O) groups is 2. The quantitative estimate of drug-likeness (QED) is 0.718. The smallest absolute Gasteiger partial charge is 0.330 e. The predicted octanol–water partition coefficient (Wildman–Crippen LogP) is 2.63. The summed E-state index contributed by atoms with van der Waals surface area (Å²) in [6.45, 7) is 5.03. The van der Waals surface area contributed by atoms with Crippen molar-refractivity contribution in [2.45, 2.75) is 26.3 Å². The number of amides is 1. The molecule has 0 fully saturated rings. The van der Waals surface area contributed by atoms with Gasteiger partial charge in [-0.3, -0.25) is 9.48 Å². The second kappa shape index (κ2) is 6.83. The van der Waals surface area contributed by atoms with E-state index in [0.29, 0.717) is 28.0 Å². The Bertz CT molecular complexity index is 1020. The molecular weight excluding hydrogens is 344 g/mol. The van der Waals surface area contributed by atoms with Crippen LogP contribution in [0.25, 0.3) is 22.3 Å². The lowest BCUT2D eigenvalue weighted by molar-refractivity contribution is -0.146. The van der Waals surface area contributed by atoms with Gasteiger partial charge >= 0.3 is 5.97 Å². The van der Waals surface area contributed by atoms with Crippen LogP contribution < -0.4 is 5.32 Å². The normalized spacial score (nSPS) is 11.4. The molecule has 0 radical (unpaired) electrons. The zero-order chi connectivity index (χ0) is 19.8. The Balaban J connectivity index is 2.16. The van der Waals surface area contributed by atoms with Crippen LogP contribution in [0.2, 0.25) is 0 Å². The number of fused-ring (bicyclic) bond motifs is 1. The van der Waals surface area contributed by atoms with Crippen LogP contribution in [-0.4, -0.2) is 39.3 Å². The predicted molar refractivity (Wildman–Crippen MR) is 102 cm³/mol. The molecule has 0 saturated carbocycles. The summed E-state index contributed by atoms with van der Waals surface area (Å²) in [7, 11) is 3.08. The van der Waals surface area contributed by atoms with Crippen molar-refractivity contribution in [1.82, 2.24) is 20.1 Å². The summed E-state index contributed by atoms with van der Waals surface area (Å²) < 4.78 is 6.43. The van der Waals surface area contributed by atoms with Crippen LogP contribution in [0, 0.1) is 6.92 Å². The van der Waals surface area contributed by atoms with Gasteiger partial charge < -0.3 is 10.1 Å². The summed E-state index contributed by atoms with van der Waals surface area (Å²) in [4.78, 5) is 29.7. The maximum absolute atomic E-state index is 13.1. The topological polar surface area (TPSA) is 86.1 Å². The average molecular weight is 366 g/mol. The molecule has 7 heteroatoms. The number of benzene rings is 1. The molecule has 3 aromatic rings. The molecule has 1 aromatic carbocycles. The fourth-order valence-electron chi connectivity index (χ4n) is 3.04. The van der Waals surface area contributed by atoms with Crippen molar-refractivity contribution in [3.63, 3.8) is 0 Å². The molecule has 7 nitrogen and oxygen atoms in total. The van der Waals surface area contributed by atoms with Crippen molar-refractivity contribution in [3.8, 4) is 11.3 Å². The van der Waals surface area contributed by atoms with E-state index in [0.717, 1.165) is 5.56 Å². The number of aromatic nitrogens is 3. The highest BCUT2D eigenvalue weighted by atomic mass is 16.5. The number of pyridine rings is 1. The van der Waals surface area contributed by atoms with E-state index in [1.807, 2.05) is 37.3 Å². The first kappa shape index (κ1) is 18.6. The van der Waals surface area contributed by atoms with Crippen molar-refractivity contribution < 1.29 is 14.3 Å². The third kappa shape index (κ3) is 3.40. The van der Waals surface area contributed by atoms with E-state index in [2.05, 4.69) is 15.4 Å². The van der Waals surface area contributed by atoms with Gasteiger partial charge in [-0.25, -0.2) is 9.78 Å². The van der Waals surface area contributed by atoms with Crippen molar-refractivity contribution in [2.75, 3.05) is 7.11 Å². The van der Waals surface area contributed by atoms with Crippen LogP contribution in [0.4, 0.5) is 0 Å². The molecule has 1 amide bonds. The zero-order valence-electron chi connectivity index (χ0n) is 16.0. The van der Waals surface area contributed by atoms with Crippen LogP contribution in [-0.2, 0) is 16.6 Å². The number of hydrogen-bond donors (Lipinski definition) is 1. The summed E-state index contributed by atoms with van der Waals surface area (Å²) >= 11 is 0. The molecule has 140 valence electrons. The molecule has 3 rings (SSSR count). The van der Waals surface area contributed by atoms with Gasteiger partial charge in [0.2, 0.25) is 0 Å². The number of hydrogen-bond acceptors (Lipinski definition) is 5. The van der Waals surface area contributed by atoms with Gasteiger partial charge in [0.15, 0.2) is 5.65 Å². The Morgan fingerprint density at radius 1 is 1.19 bits per heavy atom. The Hall–Kier alpha value is -3.22. The van der Waals surface area contributed by atoms with Gasteiger partial charge in [0.05, 0.1) is 29.4 Å². The minimum absolute atomic E-state index is 0.383. The molecule has 0 saturated heterocycles. The van der Waals surface area contributed by atoms with Crippen molar-refractivity contribution >= 4 is 22.9 Å². The largest absolute Gasteiger partial charge is 0.467 e. The van der Waals surface area contributed by atoms with Gasteiger partial charge in [-0.2, -0.15) is 5.10 Å². The molecule has 0 bridgehead atoms. The first-order valence-corrected chi connectivity index (χ1v) is 8.55. The molecule has 0 aliphatic rings. The van der Waals surface area contributed by atoms with Crippen molar-refractivity contribution in [1.29, 1.82) is 0 Å². The maximum atomic E-state index is 13.1. The highest BCUT2D eigenvalue weighted by Crippen LogP contribution is 2.27. The van der Waals surface area contributed by atoms with E-state index in [4.69, 9.17) is 4.74 Å². The second-order valence-corrected chi connectivity index (χ2v) is 6.90.